The molecule has 0 saturated carbocycles. The number of hydrogen-bond acceptors (Lipinski definition) is 3. The molecule has 2 heterocycles. The van der Waals surface area contributed by atoms with Gasteiger partial charge in [-0.05, 0) is 34.9 Å². The molecule has 0 radical (unpaired) electrons. The molecule has 0 fully saturated rings. The number of nitrogens with one attached hydrogen (secondary N) is 1. The summed E-state index contributed by atoms with van der Waals surface area (Å²) in [6.07, 6.45) is 3.93. The molecule has 2 aromatic heterocycles. The largest absolute Gasteiger partial charge is 0.376 e. The SMILES string of the molecule is CC(Nc1cnn(Cc2ccccc2)c1)c1ccsc1. The van der Waals surface area contributed by atoms with Gasteiger partial charge in [0.25, 0.3) is 0 Å². The number of thiophene rings is 1. The third kappa shape index (κ3) is 3.08. The summed E-state index contributed by atoms with van der Waals surface area (Å²) in [5, 5.41) is 12.2. The highest BCUT2D eigenvalue weighted by molar-refractivity contribution is 7.07. The van der Waals surface area contributed by atoms with Crippen molar-refractivity contribution >= 4 is 17.0 Å². The fourth-order valence-electron chi connectivity index (χ4n) is 2.15. The van der Waals surface area contributed by atoms with Crippen LogP contribution in [0.25, 0.3) is 0 Å². The summed E-state index contributed by atoms with van der Waals surface area (Å²) >= 11 is 1.72. The predicted molar refractivity (Wildman–Crippen MR) is 84.1 cm³/mol. The van der Waals surface area contributed by atoms with E-state index in [4.69, 9.17) is 0 Å². The van der Waals surface area contributed by atoms with E-state index < -0.39 is 0 Å². The first kappa shape index (κ1) is 12.9. The van der Waals surface area contributed by atoms with E-state index in [2.05, 4.69) is 64.6 Å². The zero-order valence-corrected chi connectivity index (χ0v) is 12.2. The van der Waals surface area contributed by atoms with Crippen molar-refractivity contribution in [3.8, 4) is 0 Å². The van der Waals surface area contributed by atoms with E-state index in [1.165, 1.54) is 11.1 Å². The summed E-state index contributed by atoms with van der Waals surface area (Å²) < 4.78 is 1.96. The number of nitrogens with zero attached hydrogens (tertiary/aromatic N) is 2. The summed E-state index contributed by atoms with van der Waals surface area (Å²) in [5.41, 5.74) is 3.62. The molecule has 4 heteroatoms. The summed E-state index contributed by atoms with van der Waals surface area (Å²) in [4.78, 5) is 0. The van der Waals surface area contributed by atoms with E-state index in [1.807, 2.05) is 16.9 Å². The predicted octanol–water partition coefficient (Wildman–Crippen LogP) is 4.17. The molecular weight excluding hydrogens is 266 g/mol. The van der Waals surface area contributed by atoms with E-state index in [-0.39, 0.29) is 0 Å². The van der Waals surface area contributed by atoms with Crippen LogP contribution < -0.4 is 5.32 Å². The topological polar surface area (TPSA) is 29.9 Å². The van der Waals surface area contributed by atoms with Crippen molar-refractivity contribution in [2.45, 2.75) is 19.5 Å². The monoisotopic (exact) mass is 283 g/mol. The van der Waals surface area contributed by atoms with Gasteiger partial charge in [-0.15, -0.1) is 0 Å². The summed E-state index contributed by atoms with van der Waals surface area (Å²) in [7, 11) is 0. The van der Waals surface area contributed by atoms with E-state index in [0.29, 0.717) is 6.04 Å². The van der Waals surface area contributed by atoms with Gasteiger partial charge in [-0.2, -0.15) is 16.4 Å². The van der Waals surface area contributed by atoms with Gasteiger partial charge in [0.05, 0.1) is 18.4 Å². The van der Waals surface area contributed by atoms with Gasteiger partial charge in [0.15, 0.2) is 0 Å². The molecule has 1 N–H and O–H groups in total. The van der Waals surface area contributed by atoms with Crippen LogP contribution >= 0.6 is 11.3 Å². The summed E-state index contributed by atoms with van der Waals surface area (Å²) in [6.45, 7) is 2.96. The molecule has 1 unspecified atom stereocenters. The Morgan fingerprint density at radius 3 is 2.85 bits per heavy atom. The first-order valence-electron chi connectivity index (χ1n) is 6.66. The molecule has 3 aromatic rings. The molecule has 0 amide bonds. The fourth-order valence-corrected chi connectivity index (χ4v) is 2.90. The number of aromatic nitrogens is 2. The highest BCUT2D eigenvalue weighted by Gasteiger charge is 2.07. The van der Waals surface area contributed by atoms with Gasteiger partial charge >= 0.3 is 0 Å². The van der Waals surface area contributed by atoms with E-state index in [0.717, 1.165) is 12.2 Å². The molecule has 0 aliphatic rings. The van der Waals surface area contributed by atoms with Gasteiger partial charge in [0.1, 0.15) is 0 Å². The van der Waals surface area contributed by atoms with Gasteiger partial charge in [0.2, 0.25) is 0 Å². The Kier molecular flexibility index (Phi) is 3.83. The minimum Gasteiger partial charge on any atom is -0.376 e. The molecule has 0 saturated heterocycles. The molecule has 0 aliphatic carbocycles. The Hall–Kier alpha value is -2.07. The zero-order valence-electron chi connectivity index (χ0n) is 11.4. The maximum absolute atomic E-state index is 4.40. The van der Waals surface area contributed by atoms with Crippen LogP contribution in [0.2, 0.25) is 0 Å². The Morgan fingerprint density at radius 2 is 2.10 bits per heavy atom. The minimum atomic E-state index is 0.302. The molecule has 102 valence electrons. The number of benzene rings is 1. The summed E-state index contributed by atoms with van der Waals surface area (Å²) in [6, 6.07) is 12.8. The first-order valence-corrected chi connectivity index (χ1v) is 7.60. The van der Waals surface area contributed by atoms with Crippen LogP contribution in [0.1, 0.15) is 24.1 Å². The van der Waals surface area contributed by atoms with Crippen molar-refractivity contribution in [3.63, 3.8) is 0 Å². The van der Waals surface area contributed by atoms with Crippen molar-refractivity contribution in [2.24, 2.45) is 0 Å². The second kappa shape index (κ2) is 5.92. The molecule has 0 bridgehead atoms. The Bertz CT molecular complexity index is 643. The van der Waals surface area contributed by atoms with Crippen LogP contribution in [0.5, 0.6) is 0 Å². The molecule has 1 aromatic carbocycles. The van der Waals surface area contributed by atoms with Crippen LogP contribution in [-0.4, -0.2) is 9.78 Å². The molecule has 0 spiro atoms. The average molecular weight is 283 g/mol. The van der Waals surface area contributed by atoms with E-state index in [1.54, 1.807) is 11.3 Å². The second-order valence-electron chi connectivity index (χ2n) is 4.83. The van der Waals surface area contributed by atoms with E-state index >= 15 is 0 Å². The third-order valence-electron chi connectivity index (χ3n) is 3.25. The van der Waals surface area contributed by atoms with Crippen molar-refractivity contribution in [1.82, 2.24) is 9.78 Å². The summed E-state index contributed by atoms with van der Waals surface area (Å²) in [5.74, 6) is 0. The standard InChI is InChI=1S/C16H17N3S/c1-13(15-7-8-20-12-15)18-16-9-17-19(11-16)10-14-5-3-2-4-6-14/h2-9,11-13,18H,10H2,1H3. The second-order valence-corrected chi connectivity index (χ2v) is 5.61. The lowest BCUT2D eigenvalue weighted by atomic mass is 10.2. The van der Waals surface area contributed by atoms with Crippen molar-refractivity contribution in [2.75, 3.05) is 5.32 Å². The van der Waals surface area contributed by atoms with Gasteiger partial charge in [0, 0.05) is 12.2 Å². The van der Waals surface area contributed by atoms with Crippen LogP contribution in [0.15, 0.2) is 59.6 Å². The minimum absolute atomic E-state index is 0.302. The van der Waals surface area contributed by atoms with Gasteiger partial charge in [-0.3, -0.25) is 4.68 Å². The zero-order chi connectivity index (χ0) is 13.8. The van der Waals surface area contributed by atoms with Gasteiger partial charge in [-0.1, -0.05) is 30.3 Å². The third-order valence-corrected chi connectivity index (χ3v) is 3.95. The quantitative estimate of drug-likeness (QED) is 0.761. The maximum atomic E-state index is 4.40. The van der Waals surface area contributed by atoms with Crippen LogP contribution in [-0.2, 0) is 6.54 Å². The number of rotatable bonds is 5. The number of hydrogen-bond donors (Lipinski definition) is 1. The molecular formula is C16H17N3S. The fraction of sp³-hybridized carbons (Fsp3) is 0.188. The lowest BCUT2D eigenvalue weighted by Crippen LogP contribution is -2.04. The lowest BCUT2D eigenvalue weighted by Gasteiger charge is -2.11. The molecule has 1 atom stereocenters. The normalized spacial score (nSPS) is 12.2. The maximum Gasteiger partial charge on any atom is 0.0731 e. The lowest BCUT2D eigenvalue weighted by molar-refractivity contribution is 0.687. The Balaban J connectivity index is 1.65. The highest BCUT2D eigenvalue weighted by atomic mass is 32.1. The Morgan fingerprint density at radius 1 is 1.25 bits per heavy atom. The van der Waals surface area contributed by atoms with Crippen molar-refractivity contribution in [1.29, 1.82) is 0 Å². The smallest absolute Gasteiger partial charge is 0.0731 e. The van der Waals surface area contributed by atoms with Crippen LogP contribution in [0.3, 0.4) is 0 Å². The molecule has 3 nitrogen and oxygen atoms in total. The number of anilines is 1. The molecule has 3 rings (SSSR count). The average Bonchev–Trinajstić information content (AvgIpc) is 3.11. The molecule has 0 aliphatic heterocycles. The van der Waals surface area contributed by atoms with Crippen LogP contribution in [0, 0.1) is 0 Å². The Labute approximate surface area is 122 Å². The van der Waals surface area contributed by atoms with Gasteiger partial charge < -0.3 is 5.32 Å². The highest BCUT2D eigenvalue weighted by Crippen LogP contribution is 2.20. The van der Waals surface area contributed by atoms with Crippen molar-refractivity contribution < 1.29 is 0 Å². The van der Waals surface area contributed by atoms with Gasteiger partial charge in [-0.25, -0.2) is 0 Å². The van der Waals surface area contributed by atoms with E-state index in [9.17, 15) is 0 Å². The van der Waals surface area contributed by atoms with Crippen molar-refractivity contribution in [3.05, 3.63) is 70.7 Å². The van der Waals surface area contributed by atoms with Crippen LogP contribution in [0.4, 0.5) is 5.69 Å². The molecule has 20 heavy (non-hydrogen) atoms. The first-order chi connectivity index (χ1) is 9.81.